The van der Waals surface area contributed by atoms with E-state index >= 15 is 0 Å². The van der Waals surface area contributed by atoms with Crippen LogP contribution in [0.3, 0.4) is 0 Å². The van der Waals surface area contributed by atoms with E-state index in [0.717, 1.165) is 63.8 Å². The second-order valence-corrected chi connectivity index (χ2v) is 16.9. The van der Waals surface area contributed by atoms with Crippen molar-refractivity contribution in [1.29, 1.82) is 0 Å². The summed E-state index contributed by atoms with van der Waals surface area (Å²) in [6.07, 6.45) is 2.75. The van der Waals surface area contributed by atoms with E-state index in [2.05, 4.69) is 119 Å². The highest BCUT2D eigenvalue weighted by Crippen LogP contribution is 2.48. The van der Waals surface area contributed by atoms with Gasteiger partial charge in [-0.3, -0.25) is 0 Å². The molecular weight excluding hydrogens is 679 g/mol. The highest BCUT2D eigenvalue weighted by Gasteiger charge is 2.25. The summed E-state index contributed by atoms with van der Waals surface area (Å²) in [5.41, 5.74) is 12.9. The third-order valence-corrected chi connectivity index (χ3v) is 13.0. The molecule has 49 heavy (non-hydrogen) atoms. The quantitative estimate of drug-likeness (QED) is 0.149. The summed E-state index contributed by atoms with van der Waals surface area (Å²) in [6.45, 7) is 8.89. The maximum absolute atomic E-state index is 5.36. The summed E-state index contributed by atoms with van der Waals surface area (Å²) in [6, 6.07) is 26.8. The Morgan fingerprint density at radius 3 is 1.69 bits per heavy atom. The standard InChI is InChI=1S/C40H37N5S4/c1-7-28-29(8-2)42-38-36(40-39(43-49-44-40)35(37(38)41-28)30-18-17-27(46-30)19-22(3)4)34-21-33-32(48-34)20-31(47-33)25-11-9-23(10-12-25)24-13-15-26(16-14-24)45(5)6/h9-18,20-22H,7-8,19H2,1-6H3. The third-order valence-electron chi connectivity index (χ3n) is 9.01. The van der Waals surface area contributed by atoms with Gasteiger partial charge in [-0.2, -0.15) is 8.75 Å². The first-order valence-electron chi connectivity index (χ1n) is 16.8. The van der Waals surface area contributed by atoms with Gasteiger partial charge in [-0.1, -0.05) is 64.1 Å². The lowest BCUT2D eigenvalue weighted by Crippen LogP contribution is -2.07. The second kappa shape index (κ2) is 13.0. The van der Waals surface area contributed by atoms with E-state index < -0.39 is 0 Å². The van der Waals surface area contributed by atoms with Crippen LogP contribution in [0.5, 0.6) is 0 Å². The maximum Gasteiger partial charge on any atom is 0.116 e. The molecule has 0 radical (unpaired) electrons. The molecule has 0 saturated carbocycles. The van der Waals surface area contributed by atoms with E-state index in [1.165, 1.54) is 63.0 Å². The molecule has 3 aromatic carbocycles. The molecule has 0 spiro atoms. The molecule has 0 bridgehead atoms. The van der Waals surface area contributed by atoms with Gasteiger partial charge in [0.1, 0.15) is 22.1 Å². The number of anilines is 1. The van der Waals surface area contributed by atoms with Gasteiger partial charge in [-0.25, -0.2) is 9.97 Å². The molecule has 0 N–H and O–H groups in total. The summed E-state index contributed by atoms with van der Waals surface area (Å²) in [5, 5.41) is 0. The molecule has 9 heteroatoms. The highest BCUT2D eigenvalue weighted by molar-refractivity contribution is 7.31. The van der Waals surface area contributed by atoms with Crippen molar-refractivity contribution in [3.05, 3.63) is 89.1 Å². The zero-order valence-electron chi connectivity index (χ0n) is 28.5. The SMILES string of the molecule is CCc1nc2c(-c3ccc(CC(C)C)s3)c3nsnc3c(-c3cc4sc(-c5ccc(-c6ccc(N(C)C)cc6)cc5)cc4s3)c2nc1CC. The molecule has 0 aliphatic rings. The summed E-state index contributed by atoms with van der Waals surface area (Å²) < 4.78 is 12.4. The molecular formula is C40H37N5S4. The van der Waals surface area contributed by atoms with Crippen LogP contribution in [0.25, 0.3) is 73.9 Å². The van der Waals surface area contributed by atoms with Crippen molar-refractivity contribution < 1.29 is 0 Å². The zero-order valence-corrected chi connectivity index (χ0v) is 31.8. The molecule has 5 heterocycles. The second-order valence-electron chi connectivity index (χ2n) is 13.1. The van der Waals surface area contributed by atoms with Gasteiger partial charge in [0.25, 0.3) is 0 Å². The Morgan fingerprint density at radius 2 is 1.12 bits per heavy atom. The Hall–Kier alpha value is -4.02. The lowest BCUT2D eigenvalue weighted by molar-refractivity contribution is 0.654. The van der Waals surface area contributed by atoms with Crippen molar-refractivity contribution in [2.75, 3.05) is 19.0 Å². The minimum Gasteiger partial charge on any atom is -0.378 e. The Labute approximate surface area is 303 Å². The lowest BCUT2D eigenvalue weighted by atomic mass is 10.0. The van der Waals surface area contributed by atoms with Gasteiger partial charge in [-0.05, 0) is 78.3 Å². The Morgan fingerprint density at radius 1 is 0.592 bits per heavy atom. The first kappa shape index (κ1) is 32.2. The number of fused-ring (bicyclic) bond motifs is 3. The van der Waals surface area contributed by atoms with Gasteiger partial charge >= 0.3 is 0 Å². The minimum absolute atomic E-state index is 0.601. The Kier molecular flexibility index (Phi) is 8.56. The summed E-state index contributed by atoms with van der Waals surface area (Å²) >= 11 is 6.79. The van der Waals surface area contributed by atoms with Crippen LogP contribution in [0.1, 0.15) is 44.0 Å². The molecule has 0 saturated heterocycles. The molecule has 8 rings (SSSR count). The molecule has 0 atom stereocenters. The number of aromatic nitrogens is 4. The van der Waals surface area contributed by atoms with Gasteiger partial charge < -0.3 is 4.90 Å². The van der Waals surface area contributed by atoms with Gasteiger partial charge in [0.2, 0.25) is 0 Å². The van der Waals surface area contributed by atoms with Crippen molar-refractivity contribution in [1.82, 2.24) is 18.7 Å². The molecule has 5 nitrogen and oxygen atoms in total. The molecule has 5 aromatic heterocycles. The fraction of sp³-hybridized carbons (Fsp3) is 0.250. The molecule has 8 aromatic rings. The van der Waals surface area contributed by atoms with Crippen LogP contribution < -0.4 is 4.90 Å². The Balaban J connectivity index is 1.22. The average Bonchev–Trinajstić information content (AvgIpc) is 3.91. The molecule has 0 unspecified atom stereocenters. The smallest absolute Gasteiger partial charge is 0.116 e. The lowest BCUT2D eigenvalue weighted by Gasteiger charge is -2.13. The van der Waals surface area contributed by atoms with Crippen molar-refractivity contribution in [2.24, 2.45) is 5.92 Å². The first-order valence-corrected chi connectivity index (χ1v) is 20.0. The fourth-order valence-corrected chi connectivity index (χ4v) is 10.8. The number of benzene rings is 3. The van der Waals surface area contributed by atoms with E-state index in [9.17, 15) is 0 Å². The van der Waals surface area contributed by atoms with Crippen LogP contribution in [0.4, 0.5) is 5.69 Å². The third kappa shape index (κ3) is 5.86. The molecule has 0 amide bonds. The molecule has 0 aliphatic heterocycles. The van der Waals surface area contributed by atoms with E-state index in [1.54, 1.807) is 0 Å². The first-order chi connectivity index (χ1) is 23.8. The number of thiophene rings is 3. The number of hydrogen-bond acceptors (Lipinski definition) is 9. The molecule has 0 fully saturated rings. The van der Waals surface area contributed by atoms with Crippen LogP contribution in [-0.2, 0) is 19.3 Å². The van der Waals surface area contributed by atoms with E-state index in [4.69, 9.17) is 18.7 Å². The average molecular weight is 716 g/mol. The van der Waals surface area contributed by atoms with Crippen LogP contribution >= 0.6 is 45.7 Å². The fourth-order valence-electron chi connectivity index (χ4n) is 6.53. The van der Waals surface area contributed by atoms with Crippen molar-refractivity contribution in [2.45, 2.75) is 47.0 Å². The van der Waals surface area contributed by atoms with E-state index in [-0.39, 0.29) is 0 Å². The Bertz CT molecular complexity index is 2410. The highest BCUT2D eigenvalue weighted by atomic mass is 32.1. The van der Waals surface area contributed by atoms with Gasteiger partial charge in [0.05, 0.1) is 23.1 Å². The maximum atomic E-state index is 5.36. The topological polar surface area (TPSA) is 54.8 Å². The predicted octanol–water partition coefficient (Wildman–Crippen LogP) is 12.0. The monoisotopic (exact) mass is 715 g/mol. The van der Waals surface area contributed by atoms with Crippen LogP contribution in [0, 0.1) is 5.92 Å². The normalized spacial score (nSPS) is 11.9. The van der Waals surface area contributed by atoms with Gasteiger partial charge in [0.15, 0.2) is 0 Å². The summed E-state index contributed by atoms with van der Waals surface area (Å²) in [5.74, 6) is 0.601. The van der Waals surface area contributed by atoms with Crippen LogP contribution in [0.15, 0.2) is 72.8 Å². The molecule has 246 valence electrons. The number of nitrogens with zero attached hydrogens (tertiary/aromatic N) is 5. The van der Waals surface area contributed by atoms with Crippen molar-refractivity contribution in [3.63, 3.8) is 0 Å². The number of aryl methyl sites for hydroxylation is 2. The van der Waals surface area contributed by atoms with Gasteiger partial charge in [-0.15, -0.1) is 34.0 Å². The predicted molar refractivity (Wildman–Crippen MR) is 215 cm³/mol. The number of rotatable bonds is 9. The van der Waals surface area contributed by atoms with E-state index in [0.29, 0.717) is 5.92 Å². The largest absolute Gasteiger partial charge is 0.378 e. The van der Waals surface area contributed by atoms with Gasteiger partial charge in [0, 0.05) is 59.8 Å². The number of hydrogen-bond donors (Lipinski definition) is 0. The van der Waals surface area contributed by atoms with Crippen LogP contribution in [-0.4, -0.2) is 32.8 Å². The zero-order chi connectivity index (χ0) is 33.8. The summed E-state index contributed by atoms with van der Waals surface area (Å²) in [4.78, 5) is 17.9. The summed E-state index contributed by atoms with van der Waals surface area (Å²) in [7, 11) is 4.14. The van der Waals surface area contributed by atoms with E-state index in [1.807, 2.05) is 34.0 Å². The minimum atomic E-state index is 0.601. The van der Waals surface area contributed by atoms with Crippen LogP contribution in [0.2, 0.25) is 0 Å². The van der Waals surface area contributed by atoms with Crippen molar-refractivity contribution in [3.8, 4) is 42.4 Å². The molecule has 0 aliphatic carbocycles. The van der Waals surface area contributed by atoms with Crippen molar-refractivity contribution >= 4 is 82.9 Å².